The Morgan fingerprint density at radius 3 is 2.55 bits per heavy atom. The van der Waals surface area contributed by atoms with E-state index in [9.17, 15) is 19.5 Å². The maximum absolute atomic E-state index is 13.4. The third-order valence-electron chi connectivity index (χ3n) is 8.71. The third-order valence-corrected chi connectivity index (χ3v) is 8.96. The maximum atomic E-state index is 13.4. The number of phenolic OH excluding ortho intramolecular Hbond substituents is 1. The van der Waals surface area contributed by atoms with Crippen molar-refractivity contribution in [3.63, 3.8) is 0 Å². The molecule has 2 N–H and O–H groups in total. The molecule has 1 aliphatic carbocycles. The predicted octanol–water partition coefficient (Wildman–Crippen LogP) is 6.90. The van der Waals surface area contributed by atoms with Gasteiger partial charge in [-0.25, -0.2) is 0 Å². The van der Waals surface area contributed by atoms with Gasteiger partial charge in [0.15, 0.2) is 11.2 Å². The number of amides is 2. The zero-order chi connectivity index (χ0) is 30.6. The summed E-state index contributed by atoms with van der Waals surface area (Å²) in [6, 6.07) is 21.1. The molecule has 0 radical (unpaired) electrons. The number of hydrogen-bond acceptors (Lipinski definition) is 5. The van der Waals surface area contributed by atoms with E-state index < -0.39 is 11.3 Å². The van der Waals surface area contributed by atoms with E-state index in [4.69, 9.17) is 16.0 Å². The lowest BCUT2D eigenvalue weighted by Gasteiger charge is -2.28. The minimum Gasteiger partial charge on any atom is -0.508 e. The van der Waals surface area contributed by atoms with Crippen LogP contribution >= 0.6 is 11.6 Å². The minimum absolute atomic E-state index is 0.0449. The fraction of sp³-hybridized carbons (Fsp3) is 0.306. The molecule has 0 bridgehead atoms. The highest BCUT2D eigenvalue weighted by Crippen LogP contribution is 2.37. The lowest BCUT2D eigenvalue weighted by Crippen LogP contribution is -2.36. The monoisotopic (exact) mass is 610 g/mol. The van der Waals surface area contributed by atoms with E-state index in [-0.39, 0.29) is 34.4 Å². The Bertz CT molecular complexity index is 1770. The van der Waals surface area contributed by atoms with E-state index in [1.807, 2.05) is 29.2 Å². The summed E-state index contributed by atoms with van der Waals surface area (Å²) < 4.78 is 5.76. The van der Waals surface area contributed by atoms with Crippen molar-refractivity contribution in [3.8, 4) is 5.75 Å². The predicted molar refractivity (Wildman–Crippen MR) is 171 cm³/mol. The molecule has 0 unspecified atom stereocenters. The van der Waals surface area contributed by atoms with Crippen molar-refractivity contribution in [2.75, 3.05) is 6.54 Å². The smallest absolute Gasteiger partial charge is 0.287 e. The SMILES string of the molecule is O=C(N[C@@H](C=C1CCC(c2ccccc2CN2CCCC2=O)CC1)Cc1ccc(Cl)cc1)c1cc(=O)c2cc(O)ccc2o1. The maximum Gasteiger partial charge on any atom is 0.287 e. The number of carbonyl (C=O) groups is 2. The van der Waals surface area contributed by atoms with Gasteiger partial charge in [-0.05, 0) is 91.5 Å². The Morgan fingerprint density at radius 1 is 1.02 bits per heavy atom. The fourth-order valence-corrected chi connectivity index (χ4v) is 6.55. The first-order valence-electron chi connectivity index (χ1n) is 15.2. The zero-order valence-corrected chi connectivity index (χ0v) is 25.2. The summed E-state index contributed by atoms with van der Waals surface area (Å²) in [6.07, 6.45) is 8.07. The Balaban J connectivity index is 1.19. The molecule has 7 nitrogen and oxygen atoms in total. The number of aromatic hydroxyl groups is 1. The second kappa shape index (κ2) is 13.1. The van der Waals surface area contributed by atoms with E-state index in [0.29, 0.717) is 30.3 Å². The number of carbonyl (C=O) groups excluding carboxylic acids is 2. The largest absolute Gasteiger partial charge is 0.508 e. The van der Waals surface area contributed by atoms with Gasteiger partial charge in [0.2, 0.25) is 5.91 Å². The van der Waals surface area contributed by atoms with Crippen LogP contribution < -0.4 is 10.7 Å². The standard InChI is InChI=1S/C36H35ClN2O5/c37-27-13-9-24(10-14-27)19-28(38-36(43)34-21-32(41)31-20-29(40)15-16-33(31)44-34)18-23-7-11-25(12-8-23)30-5-2-1-4-26(30)22-39-17-3-6-35(39)42/h1-2,4-5,9-10,13-16,18,20-21,25,28,40H,3,6-8,11-12,17,19,22H2,(H,38,43)/t25?,28-/m0/s1. The van der Waals surface area contributed by atoms with Crippen molar-refractivity contribution in [1.29, 1.82) is 0 Å². The van der Waals surface area contributed by atoms with E-state index in [0.717, 1.165) is 44.2 Å². The number of phenols is 1. The summed E-state index contributed by atoms with van der Waals surface area (Å²) in [5.41, 5.74) is 4.71. The third kappa shape index (κ3) is 6.89. The Morgan fingerprint density at radius 2 is 1.80 bits per heavy atom. The average Bonchev–Trinajstić information content (AvgIpc) is 3.43. The number of rotatable bonds is 8. The van der Waals surface area contributed by atoms with Crippen molar-refractivity contribution in [2.45, 2.75) is 63.5 Å². The Labute approximate surface area is 261 Å². The molecule has 2 fully saturated rings. The van der Waals surface area contributed by atoms with Gasteiger partial charge < -0.3 is 19.7 Å². The molecule has 1 saturated heterocycles. The molecule has 6 rings (SSSR count). The van der Waals surface area contributed by atoms with E-state index in [1.165, 1.54) is 41.0 Å². The second-order valence-corrected chi connectivity index (χ2v) is 12.2. The molecular formula is C36H35ClN2O5. The van der Waals surface area contributed by atoms with Gasteiger partial charge >= 0.3 is 0 Å². The number of benzene rings is 3. The highest BCUT2D eigenvalue weighted by atomic mass is 35.5. The lowest BCUT2D eigenvalue weighted by molar-refractivity contribution is -0.128. The van der Waals surface area contributed by atoms with Crippen molar-refractivity contribution >= 4 is 34.4 Å². The number of nitrogens with zero attached hydrogens (tertiary/aromatic N) is 1. The van der Waals surface area contributed by atoms with Gasteiger partial charge in [0.25, 0.3) is 5.91 Å². The minimum atomic E-state index is -0.480. The first-order chi connectivity index (χ1) is 21.3. The van der Waals surface area contributed by atoms with Gasteiger partial charge in [0, 0.05) is 30.6 Å². The van der Waals surface area contributed by atoms with Crippen LogP contribution in [0.3, 0.4) is 0 Å². The second-order valence-electron chi connectivity index (χ2n) is 11.8. The van der Waals surface area contributed by atoms with Crippen LogP contribution in [0.1, 0.15) is 71.7 Å². The van der Waals surface area contributed by atoms with Crippen molar-refractivity contribution < 1.29 is 19.1 Å². The number of halogens is 1. The van der Waals surface area contributed by atoms with Crippen LogP contribution in [0.25, 0.3) is 11.0 Å². The molecule has 2 heterocycles. The van der Waals surface area contributed by atoms with Crippen molar-refractivity contribution in [3.05, 3.63) is 122 Å². The van der Waals surface area contributed by atoms with Crippen LogP contribution in [0.15, 0.2) is 93.7 Å². The molecule has 1 aliphatic heterocycles. The van der Waals surface area contributed by atoms with Gasteiger partial charge in [0.05, 0.1) is 11.4 Å². The molecule has 0 spiro atoms. The van der Waals surface area contributed by atoms with E-state index >= 15 is 0 Å². The van der Waals surface area contributed by atoms with Crippen LogP contribution in [-0.4, -0.2) is 34.4 Å². The Hall–Kier alpha value is -4.36. The van der Waals surface area contributed by atoms with Crippen LogP contribution in [0.4, 0.5) is 0 Å². The van der Waals surface area contributed by atoms with Crippen LogP contribution in [0.2, 0.25) is 5.02 Å². The molecule has 2 amide bonds. The summed E-state index contributed by atoms with van der Waals surface area (Å²) >= 11 is 6.11. The molecule has 1 atom stereocenters. The topological polar surface area (TPSA) is 99.9 Å². The first kappa shape index (κ1) is 29.7. The van der Waals surface area contributed by atoms with Gasteiger partial charge in [-0.3, -0.25) is 14.4 Å². The molecule has 1 aromatic heterocycles. The number of fused-ring (bicyclic) bond motifs is 1. The summed E-state index contributed by atoms with van der Waals surface area (Å²) in [5, 5.41) is 13.7. The first-order valence-corrected chi connectivity index (χ1v) is 15.6. The number of nitrogens with one attached hydrogen (secondary N) is 1. The van der Waals surface area contributed by atoms with Gasteiger partial charge in [-0.2, -0.15) is 0 Å². The van der Waals surface area contributed by atoms with Gasteiger partial charge in [0.1, 0.15) is 11.3 Å². The fourth-order valence-electron chi connectivity index (χ4n) is 6.43. The van der Waals surface area contributed by atoms with Gasteiger partial charge in [-0.1, -0.05) is 59.6 Å². The molecule has 4 aromatic rings. The van der Waals surface area contributed by atoms with E-state index in [1.54, 1.807) is 0 Å². The molecule has 1 saturated carbocycles. The number of allylic oxidation sites excluding steroid dienone is 1. The summed E-state index contributed by atoms with van der Waals surface area (Å²) in [4.78, 5) is 40.3. The lowest BCUT2D eigenvalue weighted by atomic mass is 9.79. The molecule has 2 aliphatic rings. The highest BCUT2D eigenvalue weighted by molar-refractivity contribution is 6.30. The number of likely N-dealkylation sites (tertiary alicyclic amines) is 1. The van der Waals surface area contributed by atoms with Crippen molar-refractivity contribution in [1.82, 2.24) is 10.2 Å². The van der Waals surface area contributed by atoms with E-state index in [2.05, 4.69) is 35.7 Å². The average molecular weight is 611 g/mol. The van der Waals surface area contributed by atoms with Crippen LogP contribution in [0, 0.1) is 0 Å². The summed E-state index contributed by atoms with van der Waals surface area (Å²) in [5.74, 6) is 0.0504. The van der Waals surface area contributed by atoms with Gasteiger partial charge in [-0.15, -0.1) is 0 Å². The molecule has 44 heavy (non-hydrogen) atoms. The summed E-state index contributed by atoms with van der Waals surface area (Å²) in [6.45, 7) is 1.51. The Kier molecular flexibility index (Phi) is 8.84. The molecule has 8 heteroatoms. The quantitative estimate of drug-likeness (QED) is 0.211. The van der Waals surface area contributed by atoms with Crippen molar-refractivity contribution in [2.24, 2.45) is 0 Å². The highest BCUT2D eigenvalue weighted by Gasteiger charge is 2.25. The normalized spacial score (nSPS) is 17.6. The van der Waals surface area contributed by atoms with Crippen LogP contribution in [-0.2, 0) is 17.8 Å². The molecule has 226 valence electrons. The summed E-state index contributed by atoms with van der Waals surface area (Å²) in [7, 11) is 0. The zero-order valence-electron chi connectivity index (χ0n) is 24.4. The van der Waals surface area contributed by atoms with Crippen LogP contribution in [0.5, 0.6) is 5.75 Å². The number of hydrogen-bond donors (Lipinski definition) is 2. The molecular weight excluding hydrogens is 576 g/mol. The molecule has 3 aromatic carbocycles.